The van der Waals surface area contributed by atoms with Crippen LogP contribution in [0.2, 0.25) is 0 Å². The number of morpholine rings is 1. The van der Waals surface area contributed by atoms with Gasteiger partial charge in [-0.15, -0.1) is 0 Å². The fraction of sp³-hybridized carbons (Fsp3) is 0.933. The summed E-state index contributed by atoms with van der Waals surface area (Å²) in [6.07, 6.45) is 2.03. The normalized spacial score (nSPS) is 24.9. The van der Waals surface area contributed by atoms with Crippen molar-refractivity contribution in [2.24, 2.45) is 11.8 Å². The fourth-order valence-corrected chi connectivity index (χ4v) is 3.33. The van der Waals surface area contributed by atoms with Crippen LogP contribution in [-0.2, 0) is 9.53 Å². The van der Waals surface area contributed by atoms with Gasteiger partial charge in [0.2, 0.25) is 0 Å². The standard InChI is InChI=1S/C15H28N2O3/c1-12(2)17-5-3-13(4-6-17)14(15(18)19)11-16-7-9-20-10-8-16/h12-14H,3-11H2,1-2H3,(H,18,19). The zero-order chi connectivity index (χ0) is 14.5. The van der Waals surface area contributed by atoms with Crippen LogP contribution in [0.5, 0.6) is 0 Å². The van der Waals surface area contributed by atoms with E-state index in [4.69, 9.17) is 4.74 Å². The van der Waals surface area contributed by atoms with Crippen molar-refractivity contribution >= 4 is 5.97 Å². The Morgan fingerprint density at radius 2 is 1.80 bits per heavy atom. The van der Waals surface area contributed by atoms with Gasteiger partial charge in [0.05, 0.1) is 19.1 Å². The second-order valence-corrected chi connectivity index (χ2v) is 6.32. The summed E-state index contributed by atoms with van der Waals surface area (Å²) in [4.78, 5) is 16.3. The van der Waals surface area contributed by atoms with Gasteiger partial charge in [-0.25, -0.2) is 0 Å². The summed E-state index contributed by atoms with van der Waals surface area (Å²) in [5.41, 5.74) is 0. The molecule has 2 rings (SSSR count). The molecule has 20 heavy (non-hydrogen) atoms. The van der Waals surface area contributed by atoms with Crippen LogP contribution in [0.15, 0.2) is 0 Å². The second-order valence-electron chi connectivity index (χ2n) is 6.32. The van der Waals surface area contributed by atoms with Crippen LogP contribution in [0.1, 0.15) is 26.7 Å². The van der Waals surface area contributed by atoms with Crippen molar-refractivity contribution in [2.75, 3.05) is 45.9 Å². The zero-order valence-corrected chi connectivity index (χ0v) is 12.8. The second kappa shape index (κ2) is 7.38. The highest BCUT2D eigenvalue weighted by Crippen LogP contribution is 2.27. The molecule has 2 heterocycles. The highest BCUT2D eigenvalue weighted by Gasteiger charge is 2.33. The van der Waals surface area contributed by atoms with E-state index >= 15 is 0 Å². The monoisotopic (exact) mass is 284 g/mol. The Morgan fingerprint density at radius 1 is 1.20 bits per heavy atom. The molecule has 0 aliphatic carbocycles. The lowest BCUT2D eigenvalue weighted by molar-refractivity contribution is -0.145. The molecule has 0 spiro atoms. The Morgan fingerprint density at radius 3 is 2.30 bits per heavy atom. The summed E-state index contributed by atoms with van der Waals surface area (Å²) in [5.74, 6) is -0.521. The van der Waals surface area contributed by atoms with E-state index in [1.807, 2.05) is 0 Å². The number of nitrogens with zero attached hydrogens (tertiary/aromatic N) is 2. The Hall–Kier alpha value is -0.650. The average Bonchev–Trinajstić information content (AvgIpc) is 2.45. The fourth-order valence-electron chi connectivity index (χ4n) is 3.33. The average molecular weight is 284 g/mol. The van der Waals surface area contributed by atoms with Gasteiger partial charge in [-0.05, 0) is 45.7 Å². The number of carbonyl (C=O) groups is 1. The number of likely N-dealkylation sites (tertiary alicyclic amines) is 1. The predicted molar refractivity (Wildman–Crippen MR) is 77.8 cm³/mol. The van der Waals surface area contributed by atoms with Gasteiger partial charge in [0.25, 0.3) is 0 Å². The summed E-state index contributed by atoms with van der Waals surface area (Å²) >= 11 is 0. The molecule has 5 heteroatoms. The molecule has 1 atom stereocenters. The first-order valence-corrected chi connectivity index (χ1v) is 7.85. The maximum Gasteiger partial charge on any atom is 0.308 e. The molecule has 0 radical (unpaired) electrons. The molecule has 0 amide bonds. The Bertz CT molecular complexity index is 308. The van der Waals surface area contributed by atoms with E-state index < -0.39 is 5.97 Å². The van der Waals surface area contributed by atoms with Gasteiger partial charge in [0.15, 0.2) is 0 Å². The molecule has 2 fully saturated rings. The van der Waals surface area contributed by atoms with Crippen LogP contribution in [0.3, 0.4) is 0 Å². The third-order valence-corrected chi connectivity index (χ3v) is 4.75. The van der Waals surface area contributed by atoms with E-state index in [0.29, 0.717) is 18.5 Å². The largest absolute Gasteiger partial charge is 0.481 e. The van der Waals surface area contributed by atoms with Crippen LogP contribution in [-0.4, -0.2) is 72.9 Å². The number of carboxylic acids is 1. The van der Waals surface area contributed by atoms with Gasteiger partial charge in [-0.3, -0.25) is 9.69 Å². The van der Waals surface area contributed by atoms with Gasteiger partial charge in [0, 0.05) is 25.7 Å². The third kappa shape index (κ3) is 4.17. The SMILES string of the molecule is CC(C)N1CCC(C(CN2CCOCC2)C(=O)O)CC1. The number of rotatable bonds is 5. The summed E-state index contributed by atoms with van der Waals surface area (Å²) < 4.78 is 5.33. The zero-order valence-electron chi connectivity index (χ0n) is 12.8. The smallest absolute Gasteiger partial charge is 0.308 e. The van der Waals surface area contributed by atoms with Gasteiger partial charge in [0.1, 0.15) is 0 Å². The third-order valence-electron chi connectivity index (χ3n) is 4.75. The van der Waals surface area contributed by atoms with Crippen LogP contribution < -0.4 is 0 Å². The molecule has 1 unspecified atom stereocenters. The van der Waals surface area contributed by atoms with Crippen LogP contribution in [0.25, 0.3) is 0 Å². The number of hydrogen-bond donors (Lipinski definition) is 1. The molecule has 2 aliphatic rings. The van der Waals surface area contributed by atoms with E-state index in [-0.39, 0.29) is 5.92 Å². The van der Waals surface area contributed by atoms with Crippen molar-refractivity contribution < 1.29 is 14.6 Å². The van der Waals surface area contributed by atoms with Crippen molar-refractivity contribution in [1.29, 1.82) is 0 Å². The maximum absolute atomic E-state index is 11.6. The molecular formula is C15H28N2O3. The van der Waals surface area contributed by atoms with E-state index in [2.05, 4.69) is 23.6 Å². The Labute approximate surface area is 121 Å². The predicted octanol–water partition coefficient (Wildman–Crippen LogP) is 1.14. The van der Waals surface area contributed by atoms with Gasteiger partial charge in [-0.1, -0.05) is 0 Å². The number of piperidine rings is 1. The van der Waals surface area contributed by atoms with Crippen molar-refractivity contribution in [3.63, 3.8) is 0 Å². The summed E-state index contributed by atoms with van der Waals surface area (Å²) in [6, 6.07) is 0.568. The minimum absolute atomic E-state index is 0.220. The van der Waals surface area contributed by atoms with E-state index in [0.717, 1.165) is 52.2 Å². The first-order valence-electron chi connectivity index (χ1n) is 7.85. The van der Waals surface area contributed by atoms with Gasteiger partial charge >= 0.3 is 5.97 Å². The van der Waals surface area contributed by atoms with Crippen molar-refractivity contribution in [2.45, 2.75) is 32.7 Å². The molecule has 2 aliphatic heterocycles. The molecule has 116 valence electrons. The lowest BCUT2D eigenvalue weighted by atomic mass is 9.83. The van der Waals surface area contributed by atoms with Gasteiger partial charge in [-0.2, -0.15) is 0 Å². The van der Waals surface area contributed by atoms with Gasteiger partial charge < -0.3 is 14.7 Å². The number of ether oxygens (including phenoxy) is 1. The lowest BCUT2D eigenvalue weighted by Gasteiger charge is -2.38. The Balaban J connectivity index is 1.87. The van der Waals surface area contributed by atoms with Crippen molar-refractivity contribution in [1.82, 2.24) is 9.80 Å². The molecule has 2 saturated heterocycles. The number of hydrogen-bond acceptors (Lipinski definition) is 4. The van der Waals surface area contributed by atoms with Crippen LogP contribution >= 0.6 is 0 Å². The minimum atomic E-state index is -0.625. The quantitative estimate of drug-likeness (QED) is 0.820. The van der Waals surface area contributed by atoms with E-state index in [1.54, 1.807) is 0 Å². The Kier molecular flexibility index (Phi) is 5.81. The van der Waals surface area contributed by atoms with Crippen LogP contribution in [0.4, 0.5) is 0 Å². The molecule has 0 aromatic rings. The van der Waals surface area contributed by atoms with Crippen molar-refractivity contribution in [3.8, 4) is 0 Å². The summed E-state index contributed by atoms with van der Waals surface area (Å²) in [6.45, 7) is 10.4. The summed E-state index contributed by atoms with van der Waals surface area (Å²) in [7, 11) is 0. The highest BCUT2D eigenvalue weighted by atomic mass is 16.5. The molecule has 0 saturated carbocycles. The lowest BCUT2D eigenvalue weighted by Crippen LogP contribution is -2.46. The van der Waals surface area contributed by atoms with E-state index in [1.165, 1.54) is 0 Å². The molecule has 1 N–H and O–H groups in total. The van der Waals surface area contributed by atoms with Crippen molar-refractivity contribution in [3.05, 3.63) is 0 Å². The first-order chi connectivity index (χ1) is 9.58. The number of aliphatic carboxylic acids is 1. The van der Waals surface area contributed by atoms with E-state index in [9.17, 15) is 9.90 Å². The topological polar surface area (TPSA) is 53.0 Å². The molecule has 5 nitrogen and oxygen atoms in total. The van der Waals surface area contributed by atoms with Crippen LogP contribution in [0, 0.1) is 11.8 Å². The molecular weight excluding hydrogens is 256 g/mol. The molecule has 0 aromatic carbocycles. The minimum Gasteiger partial charge on any atom is -0.481 e. The summed E-state index contributed by atoms with van der Waals surface area (Å²) in [5, 5.41) is 9.56. The number of carboxylic acid groups (broad SMARTS) is 1. The molecule has 0 bridgehead atoms. The maximum atomic E-state index is 11.6. The molecule has 0 aromatic heterocycles. The highest BCUT2D eigenvalue weighted by molar-refractivity contribution is 5.70. The first kappa shape index (κ1) is 15.7.